The number of carboxylic acid groups (broad SMARTS) is 1. The fourth-order valence-electron chi connectivity index (χ4n) is 3.21. The van der Waals surface area contributed by atoms with Crippen LogP contribution in [0.25, 0.3) is 0 Å². The number of urea groups is 1. The third-order valence-electron chi connectivity index (χ3n) is 4.56. The standard InChI is InChI=1S/C16H27N3O4S/c1-2-3-6-10(15(21)22)17-13(20)8-5-4-7-12-14-11(9-24-12)18-16(23)19-14/h10-12,14H,2-9H2,1H3,(H,17,20)(H,21,22)(H2,18,19,23). The van der Waals surface area contributed by atoms with Crippen LogP contribution < -0.4 is 16.0 Å². The molecule has 2 aliphatic heterocycles. The second-order valence-electron chi connectivity index (χ2n) is 6.47. The van der Waals surface area contributed by atoms with Crippen LogP contribution in [0.2, 0.25) is 0 Å². The smallest absolute Gasteiger partial charge is 0.326 e. The zero-order valence-corrected chi connectivity index (χ0v) is 14.9. The summed E-state index contributed by atoms with van der Waals surface area (Å²) in [4.78, 5) is 34.3. The lowest BCUT2D eigenvalue weighted by atomic mass is 10.0. The molecule has 2 heterocycles. The summed E-state index contributed by atoms with van der Waals surface area (Å²) in [5.74, 6) is -0.215. The van der Waals surface area contributed by atoms with Gasteiger partial charge in [0.25, 0.3) is 0 Å². The number of thioether (sulfide) groups is 1. The van der Waals surface area contributed by atoms with Gasteiger partial charge in [0, 0.05) is 17.4 Å². The molecule has 4 unspecified atom stereocenters. The number of carbonyl (C=O) groups is 3. The molecule has 2 rings (SSSR count). The van der Waals surface area contributed by atoms with Crippen molar-refractivity contribution < 1.29 is 19.5 Å². The molecule has 0 spiro atoms. The van der Waals surface area contributed by atoms with Crippen LogP contribution in [-0.2, 0) is 9.59 Å². The van der Waals surface area contributed by atoms with Gasteiger partial charge in [-0.25, -0.2) is 9.59 Å². The number of hydrogen-bond acceptors (Lipinski definition) is 4. The predicted octanol–water partition coefficient (Wildman–Crippen LogP) is 1.47. The molecule has 2 aliphatic rings. The topological polar surface area (TPSA) is 108 Å². The summed E-state index contributed by atoms with van der Waals surface area (Å²) < 4.78 is 0. The minimum atomic E-state index is -0.963. The van der Waals surface area contributed by atoms with Crippen molar-refractivity contribution in [3.05, 3.63) is 0 Å². The lowest BCUT2D eigenvalue weighted by Crippen LogP contribution is -2.40. The number of unbranched alkanes of at least 4 members (excludes halogenated alkanes) is 2. The lowest BCUT2D eigenvalue weighted by Gasteiger charge is -2.17. The molecular weight excluding hydrogens is 330 g/mol. The molecule has 2 saturated heterocycles. The Kier molecular flexibility index (Phi) is 7.20. The van der Waals surface area contributed by atoms with E-state index in [4.69, 9.17) is 5.11 Å². The summed E-state index contributed by atoms with van der Waals surface area (Å²) in [5.41, 5.74) is 0. The number of fused-ring (bicyclic) bond motifs is 1. The molecule has 8 heteroatoms. The third kappa shape index (κ3) is 5.29. The Bertz CT molecular complexity index is 474. The predicted molar refractivity (Wildman–Crippen MR) is 93.0 cm³/mol. The Morgan fingerprint density at radius 3 is 2.83 bits per heavy atom. The van der Waals surface area contributed by atoms with Crippen LogP contribution in [0.5, 0.6) is 0 Å². The number of rotatable bonds is 10. The van der Waals surface area contributed by atoms with E-state index in [0.717, 1.165) is 37.9 Å². The van der Waals surface area contributed by atoms with Crippen LogP contribution in [0.4, 0.5) is 4.79 Å². The van der Waals surface area contributed by atoms with Gasteiger partial charge in [-0.05, 0) is 19.3 Å². The average Bonchev–Trinajstić information content (AvgIpc) is 3.07. The molecule has 136 valence electrons. The molecule has 24 heavy (non-hydrogen) atoms. The SMILES string of the molecule is CCCCC(NC(=O)CCCCC1SCC2NC(=O)NC21)C(=O)O. The number of carboxylic acids is 1. The van der Waals surface area contributed by atoms with Gasteiger partial charge < -0.3 is 21.1 Å². The second kappa shape index (κ2) is 9.15. The maximum absolute atomic E-state index is 11.9. The summed E-state index contributed by atoms with van der Waals surface area (Å²) in [6.45, 7) is 1.99. The van der Waals surface area contributed by atoms with E-state index in [1.165, 1.54) is 0 Å². The minimum absolute atomic E-state index is 0.0820. The van der Waals surface area contributed by atoms with E-state index < -0.39 is 12.0 Å². The van der Waals surface area contributed by atoms with Gasteiger partial charge >= 0.3 is 12.0 Å². The van der Waals surface area contributed by atoms with E-state index in [0.29, 0.717) is 18.1 Å². The maximum Gasteiger partial charge on any atom is 0.326 e. The molecule has 7 nitrogen and oxygen atoms in total. The molecule has 4 atom stereocenters. The molecule has 3 amide bonds. The highest BCUT2D eigenvalue weighted by molar-refractivity contribution is 8.00. The van der Waals surface area contributed by atoms with Crippen molar-refractivity contribution in [2.75, 3.05) is 5.75 Å². The van der Waals surface area contributed by atoms with Crippen LogP contribution in [0.1, 0.15) is 51.9 Å². The first-order valence-electron chi connectivity index (χ1n) is 8.72. The van der Waals surface area contributed by atoms with E-state index in [2.05, 4.69) is 16.0 Å². The van der Waals surface area contributed by atoms with E-state index in [9.17, 15) is 14.4 Å². The molecule has 0 radical (unpaired) electrons. The van der Waals surface area contributed by atoms with Crippen molar-refractivity contribution in [1.29, 1.82) is 0 Å². The normalized spacial score (nSPS) is 26.4. The molecule has 0 aliphatic carbocycles. The van der Waals surface area contributed by atoms with Gasteiger partial charge in [0.15, 0.2) is 0 Å². The van der Waals surface area contributed by atoms with Gasteiger partial charge in [0.2, 0.25) is 5.91 Å². The Hall–Kier alpha value is -1.44. The Morgan fingerprint density at radius 1 is 1.33 bits per heavy atom. The highest BCUT2D eigenvalue weighted by Gasteiger charge is 2.42. The highest BCUT2D eigenvalue weighted by atomic mass is 32.2. The van der Waals surface area contributed by atoms with Crippen molar-refractivity contribution in [1.82, 2.24) is 16.0 Å². The maximum atomic E-state index is 11.9. The van der Waals surface area contributed by atoms with Crippen molar-refractivity contribution in [2.24, 2.45) is 0 Å². The molecule has 4 N–H and O–H groups in total. The van der Waals surface area contributed by atoms with E-state index >= 15 is 0 Å². The van der Waals surface area contributed by atoms with Gasteiger partial charge in [-0.3, -0.25) is 4.79 Å². The first-order valence-corrected chi connectivity index (χ1v) is 9.77. The number of nitrogens with one attached hydrogen (secondary N) is 3. The van der Waals surface area contributed by atoms with Crippen LogP contribution in [0.15, 0.2) is 0 Å². The quantitative estimate of drug-likeness (QED) is 0.350. The van der Waals surface area contributed by atoms with Gasteiger partial charge in [-0.1, -0.05) is 26.2 Å². The molecule has 0 aromatic rings. The van der Waals surface area contributed by atoms with Crippen LogP contribution in [-0.4, -0.2) is 52.1 Å². The Labute approximate surface area is 146 Å². The van der Waals surface area contributed by atoms with Gasteiger partial charge in [0.05, 0.1) is 12.1 Å². The molecule has 0 aromatic carbocycles. The number of hydrogen-bond donors (Lipinski definition) is 4. The van der Waals surface area contributed by atoms with Crippen LogP contribution >= 0.6 is 11.8 Å². The molecule has 2 fully saturated rings. The van der Waals surface area contributed by atoms with E-state index in [-0.39, 0.29) is 24.0 Å². The first-order chi connectivity index (χ1) is 11.5. The summed E-state index contributed by atoms with van der Waals surface area (Å²) in [7, 11) is 0. The average molecular weight is 357 g/mol. The summed E-state index contributed by atoms with van der Waals surface area (Å²) in [5, 5.41) is 18.0. The van der Waals surface area contributed by atoms with E-state index in [1.54, 1.807) is 0 Å². The lowest BCUT2D eigenvalue weighted by molar-refractivity contribution is -0.142. The fourth-order valence-corrected chi connectivity index (χ4v) is 4.75. The monoisotopic (exact) mass is 357 g/mol. The zero-order valence-electron chi connectivity index (χ0n) is 14.0. The van der Waals surface area contributed by atoms with Crippen molar-refractivity contribution in [2.45, 2.75) is 75.2 Å². The number of amides is 3. The Balaban J connectivity index is 1.62. The molecule has 0 saturated carbocycles. The third-order valence-corrected chi connectivity index (χ3v) is 6.07. The van der Waals surface area contributed by atoms with Crippen LogP contribution in [0.3, 0.4) is 0 Å². The van der Waals surface area contributed by atoms with Crippen molar-refractivity contribution in [3.63, 3.8) is 0 Å². The van der Waals surface area contributed by atoms with Crippen LogP contribution in [0, 0.1) is 0 Å². The van der Waals surface area contributed by atoms with Gasteiger partial charge in [-0.15, -0.1) is 0 Å². The molecule has 0 bridgehead atoms. The van der Waals surface area contributed by atoms with Gasteiger partial charge in [0.1, 0.15) is 6.04 Å². The Morgan fingerprint density at radius 2 is 2.12 bits per heavy atom. The zero-order chi connectivity index (χ0) is 17.5. The minimum Gasteiger partial charge on any atom is -0.480 e. The first kappa shape index (κ1) is 18.9. The van der Waals surface area contributed by atoms with E-state index in [1.807, 2.05) is 18.7 Å². The van der Waals surface area contributed by atoms with Crippen molar-refractivity contribution in [3.8, 4) is 0 Å². The molecule has 0 aromatic heterocycles. The van der Waals surface area contributed by atoms with Gasteiger partial charge in [-0.2, -0.15) is 11.8 Å². The number of aliphatic carboxylic acids is 1. The highest BCUT2D eigenvalue weighted by Crippen LogP contribution is 2.33. The summed E-state index contributed by atoms with van der Waals surface area (Å²) in [6, 6.07) is -0.433. The van der Waals surface area contributed by atoms with Crippen molar-refractivity contribution >= 4 is 29.7 Å². The molecular formula is C16H27N3O4S. The second-order valence-corrected chi connectivity index (χ2v) is 7.74. The number of carbonyl (C=O) groups excluding carboxylic acids is 2. The summed E-state index contributed by atoms with van der Waals surface area (Å²) in [6.07, 6.45) is 5.13. The summed E-state index contributed by atoms with van der Waals surface area (Å²) >= 11 is 1.86. The largest absolute Gasteiger partial charge is 0.480 e. The fraction of sp³-hybridized carbons (Fsp3) is 0.812.